The lowest BCUT2D eigenvalue weighted by atomic mass is 9.87. The number of rotatable bonds is 7. The maximum absolute atomic E-state index is 10.9. The zero-order chi connectivity index (χ0) is 18.5. The van der Waals surface area contributed by atoms with Crippen LogP contribution in [0.4, 0.5) is 0 Å². The molecule has 5 nitrogen and oxygen atoms in total. The first-order valence-electron chi connectivity index (χ1n) is 8.67. The number of methoxy groups -OCH3 is 1. The molecule has 0 aromatic heterocycles. The summed E-state index contributed by atoms with van der Waals surface area (Å²) in [6.07, 6.45) is 3.43. The Balaban J connectivity index is 1.73. The minimum absolute atomic E-state index is 0.244. The number of hydrogen-bond acceptors (Lipinski definition) is 4. The largest absolute Gasteiger partial charge is 0.493 e. The predicted molar refractivity (Wildman–Crippen MR) is 102 cm³/mol. The lowest BCUT2D eigenvalue weighted by Gasteiger charge is -2.26. The summed E-state index contributed by atoms with van der Waals surface area (Å²) < 4.78 is 10.7. The molecule has 0 bridgehead atoms. The molecule has 0 heterocycles. The number of amides is 1. The summed E-state index contributed by atoms with van der Waals surface area (Å²) in [5, 5.41) is 4.01. The van der Waals surface area contributed by atoms with Gasteiger partial charge >= 0.3 is 0 Å². The number of benzene rings is 2. The fourth-order valence-electron chi connectivity index (χ4n) is 3.37. The average molecular weight is 375 g/mol. The second kappa shape index (κ2) is 8.43. The van der Waals surface area contributed by atoms with Gasteiger partial charge in [-0.3, -0.25) is 4.79 Å². The van der Waals surface area contributed by atoms with Gasteiger partial charge in [-0.2, -0.15) is 0 Å². The van der Waals surface area contributed by atoms with E-state index in [0.717, 1.165) is 18.4 Å². The molecule has 1 unspecified atom stereocenters. The lowest BCUT2D eigenvalue weighted by molar-refractivity contribution is -0.119. The number of halogens is 1. The number of nitrogens with one attached hydrogen (secondary N) is 1. The van der Waals surface area contributed by atoms with Crippen molar-refractivity contribution < 1.29 is 14.3 Å². The van der Waals surface area contributed by atoms with E-state index in [1.807, 2.05) is 12.1 Å². The number of carbonyl (C=O) groups excluding carboxylic acids is 1. The minimum atomic E-state index is -0.565. The van der Waals surface area contributed by atoms with Crippen molar-refractivity contribution in [1.29, 1.82) is 0 Å². The summed E-state index contributed by atoms with van der Waals surface area (Å²) in [4.78, 5) is 10.9. The van der Waals surface area contributed by atoms with Crippen molar-refractivity contribution in [3.8, 4) is 11.5 Å². The van der Waals surface area contributed by atoms with E-state index < -0.39 is 5.91 Å². The van der Waals surface area contributed by atoms with E-state index in [-0.39, 0.29) is 6.61 Å². The number of ether oxygens (including phenoxy) is 2. The van der Waals surface area contributed by atoms with Crippen LogP contribution in [-0.4, -0.2) is 19.6 Å². The molecular weight excluding hydrogens is 352 g/mol. The molecule has 0 aliphatic heterocycles. The monoisotopic (exact) mass is 374 g/mol. The molecule has 0 fully saturated rings. The van der Waals surface area contributed by atoms with Gasteiger partial charge in [0, 0.05) is 12.6 Å². The van der Waals surface area contributed by atoms with Gasteiger partial charge in [-0.25, -0.2) is 0 Å². The highest BCUT2D eigenvalue weighted by Crippen LogP contribution is 2.37. The van der Waals surface area contributed by atoms with Gasteiger partial charge in [0.1, 0.15) is 0 Å². The van der Waals surface area contributed by atoms with E-state index in [4.69, 9.17) is 26.8 Å². The quantitative estimate of drug-likeness (QED) is 0.779. The summed E-state index contributed by atoms with van der Waals surface area (Å²) >= 11 is 6.31. The van der Waals surface area contributed by atoms with Crippen LogP contribution >= 0.6 is 11.6 Å². The number of carbonyl (C=O) groups is 1. The van der Waals surface area contributed by atoms with Crippen LogP contribution in [0.25, 0.3) is 0 Å². The standard InChI is InChI=1S/C20H23ClN2O3/c1-25-18-10-13(9-16(21)20(18)26-12-19(22)24)11-23-17-8-4-6-14-5-2-3-7-15(14)17/h2-3,5,7,9-10,17,23H,4,6,8,11-12H2,1H3,(H2,22,24). The Morgan fingerprint density at radius 1 is 1.35 bits per heavy atom. The van der Waals surface area contributed by atoms with E-state index in [1.54, 1.807) is 0 Å². The van der Waals surface area contributed by atoms with Gasteiger partial charge < -0.3 is 20.5 Å². The van der Waals surface area contributed by atoms with Crippen LogP contribution in [0, 0.1) is 0 Å². The molecule has 138 valence electrons. The van der Waals surface area contributed by atoms with E-state index in [2.05, 4.69) is 29.6 Å². The second-order valence-electron chi connectivity index (χ2n) is 6.39. The van der Waals surface area contributed by atoms with Gasteiger partial charge in [0.05, 0.1) is 12.1 Å². The maximum Gasteiger partial charge on any atom is 0.255 e. The SMILES string of the molecule is COc1cc(CNC2CCCc3ccccc32)cc(Cl)c1OCC(N)=O. The molecular formula is C20H23ClN2O3. The number of aryl methyl sites for hydroxylation is 1. The first kappa shape index (κ1) is 18.5. The van der Waals surface area contributed by atoms with Crippen LogP contribution in [-0.2, 0) is 17.8 Å². The molecule has 1 aliphatic rings. The van der Waals surface area contributed by atoms with Gasteiger partial charge in [0.25, 0.3) is 5.91 Å². The fraction of sp³-hybridized carbons (Fsp3) is 0.350. The molecule has 3 N–H and O–H groups in total. The van der Waals surface area contributed by atoms with Crippen molar-refractivity contribution in [2.75, 3.05) is 13.7 Å². The number of nitrogens with two attached hydrogens (primary N) is 1. The van der Waals surface area contributed by atoms with Crippen molar-refractivity contribution in [1.82, 2.24) is 5.32 Å². The minimum Gasteiger partial charge on any atom is -0.493 e. The second-order valence-corrected chi connectivity index (χ2v) is 6.80. The van der Waals surface area contributed by atoms with Gasteiger partial charge in [-0.05, 0) is 48.1 Å². The van der Waals surface area contributed by atoms with Crippen LogP contribution in [0.3, 0.4) is 0 Å². The van der Waals surface area contributed by atoms with E-state index in [9.17, 15) is 4.79 Å². The zero-order valence-corrected chi connectivity index (χ0v) is 15.5. The summed E-state index contributed by atoms with van der Waals surface area (Å²) in [6, 6.07) is 12.6. The molecule has 1 amide bonds. The first-order chi connectivity index (χ1) is 12.6. The van der Waals surface area contributed by atoms with Crippen molar-refractivity contribution in [2.45, 2.75) is 31.8 Å². The molecule has 3 rings (SSSR count). The van der Waals surface area contributed by atoms with Crippen LogP contribution in [0.2, 0.25) is 5.02 Å². The van der Waals surface area contributed by atoms with Crippen molar-refractivity contribution in [3.63, 3.8) is 0 Å². The average Bonchev–Trinajstić information content (AvgIpc) is 2.64. The Morgan fingerprint density at radius 2 is 2.15 bits per heavy atom. The summed E-state index contributed by atoms with van der Waals surface area (Å²) in [7, 11) is 1.54. The van der Waals surface area contributed by atoms with Gasteiger partial charge in [-0.15, -0.1) is 0 Å². The maximum atomic E-state index is 10.9. The number of fused-ring (bicyclic) bond motifs is 1. The third-order valence-corrected chi connectivity index (χ3v) is 4.85. The Bertz CT molecular complexity index is 795. The Morgan fingerprint density at radius 3 is 2.92 bits per heavy atom. The highest BCUT2D eigenvalue weighted by molar-refractivity contribution is 6.32. The Labute approximate surface area is 158 Å². The number of hydrogen-bond donors (Lipinski definition) is 2. The molecule has 2 aromatic rings. The summed E-state index contributed by atoms with van der Waals surface area (Å²) in [5.41, 5.74) is 8.90. The lowest BCUT2D eigenvalue weighted by Crippen LogP contribution is -2.25. The normalized spacial score (nSPS) is 16.0. The van der Waals surface area contributed by atoms with Gasteiger partial charge in [-0.1, -0.05) is 35.9 Å². The van der Waals surface area contributed by atoms with Crippen LogP contribution in [0.5, 0.6) is 11.5 Å². The van der Waals surface area contributed by atoms with E-state index in [0.29, 0.717) is 29.1 Å². The molecule has 0 spiro atoms. The molecule has 6 heteroatoms. The van der Waals surface area contributed by atoms with Crippen molar-refractivity contribution in [2.24, 2.45) is 5.73 Å². The van der Waals surface area contributed by atoms with Gasteiger partial charge in [0.15, 0.2) is 18.1 Å². The fourth-order valence-corrected chi connectivity index (χ4v) is 3.65. The third-order valence-electron chi connectivity index (χ3n) is 4.57. The summed E-state index contributed by atoms with van der Waals surface area (Å²) in [6.45, 7) is 0.414. The van der Waals surface area contributed by atoms with E-state index >= 15 is 0 Å². The Hall–Kier alpha value is -2.24. The van der Waals surface area contributed by atoms with E-state index in [1.165, 1.54) is 24.7 Å². The molecule has 1 atom stereocenters. The number of primary amides is 1. The zero-order valence-electron chi connectivity index (χ0n) is 14.8. The molecule has 0 saturated carbocycles. The van der Waals surface area contributed by atoms with Crippen molar-refractivity contribution >= 4 is 17.5 Å². The van der Waals surface area contributed by atoms with Crippen LogP contribution in [0.1, 0.15) is 35.6 Å². The molecule has 26 heavy (non-hydrogen) atoms. The van der Waals surface area contributed by atoms with Crippen LogP contribution in [0.15, 0.2) is 36.4 Å². The van der Waals surface area contributed by atoms with Crippen LogP contribution < -0.4 is 20.5 Å². The first-order valence-corrected chi connectivity index (χ1v) is 9.05. The molecule has 0 radical (unpaired) electrons. The highest BCUT2D eigenvalue weighted by Gasteiger charge is 2.20. The molecule has 0 saturated heterocycles. The predicted octanol–water partition coefficient (Wildman–Crippen LogP) is 3.38. The topological polar surface area (TPSA) is 73.6 Å². The smallest absolute Gasteiger partial charge is 0.255 e. The molecule has 2 aromatic carbocycles. The summed E-state index contributed by atoms with van der Waals surface area (Å²) in [5.74, 6) is 0.254. The van der Waals surface area contributed by atoms with Crippen molar-refractivity contribution in [3.05, 3.63) is 58.1 Å². The Kier molecular flexibility index (Phi) is 6.01. The molecule has 1 aliphatic carbocycles. The third kappa shape index (κ3) is 4.29. The highest BCUT2D eigenvalue weighted by atomic mass is 35.5. The van der Waals surface area contributed by atoms with Gasteiger partial charge in [0.2, 0.25) is 0 Å².